The molecule has 0 spiro atoms. The number of fused-ring (bicyclic) bond motifs is 4. The summed E-state index contributed by atoms with van der Waals surface area (Å²) < 4.78 is 30.9. The van der Waals surface area contributed by atoms with Crippen molar-refractivity contribution in [1.82, 2.24) is 15.3 Å². The fraction of sp³-hybridized carbons (Fsp3) is 0.604. The minimum atomic E-state index is -1.56. The van der Waals surface area contributed by atoms with Gasteiger partial charge in [-0.2, -0.15) is 5.06 Å². The highest BCUT2D eigenvalue weighted by Crippen LogP contribution is 2.58. The van der Waals surface area contributed by atoms with Crippen LogP contribution in [-0.4, -0.2) is 120 Å². The van der Waals surface area contributed by atoms with E-state index >= 15 is 4.79 Å². The Morgan fingerprint density at radius 2 is 1.63 bits per heavy atom. The Hall–Kier alpha value is -4.67. The Balaban J connectivity index is 1.24. The minimum Gasteiger partial charge on any atom is -0.462 e. The van der Waals surface area contributed by atoms with Gasteiger partial charge in [-0.15, -0.1) is 0 Å². The zero-order valence-electron chi connectivity index (χ0n) is 37.1. The van der Waals surface area contributed by atoms with Gasteiger partial charge in [-0.05, 0) is 35.6 Å². The number of esters is 3. The van der Waals surface area contributed by atoms with E-state index in [1.807, 2.05) is 42.5 Å². The standard InChI is InChI=1S/C48H63N3O12/c1-6-8-15-23-47(24-16-9-7-2)61-37-35-28-48(45(57)50(5)34(42(54)49-25-26-52)27-31-17-11-10-12-18-31)39(43(55)59-35)51(63-40(48)38(37)62-47)29-33-20-14-13-19-32(33)21-22-36(53)60-41-44(56)58-30-46(41,3)4/h10-14,17-22,34-35,37-41,52H,6-9,15-16,23-30H2,1-5H3,(H,49,54). The molecule has 1 aliphatic carbocycles. The lowest BCUT2D eigenvalue weighted by Gasteiger charge is -2.50. The number of carbonyl (C=O) groups excluding carboxylic acids is 5. The first-order chi connectivity index (χ1) is 30.3. The van der Waals surface area contributed by atoms with E-state index in [0.29, 0.717) is 24.0 Å². The molecule has 0 radical (unpaired) electrons. The van der Waals surface area contributed by atoms with Crippen molar-refractivity contribution in [3.63, 3.8) is 0 Å². The third-order valence-corrected chi connectivity index (χ3v) is 13.3. The Morgan fingerprint density at radius 3 is 2.30 bits per heavy atom. The van der Waals surface area contributed by atoms with Crippen LogP contribution < -0.4 is 5.32 Å². The molecule has 8 atom stereocenters. The van der Waals surface area contributed by atoms with Crippen LogP contribution in [0.15, 0.2) is 60.7 Å². The van der Waals surface area contributed by atoms with Crippen LogP contribution in [0.2, 0.25) is 0 Å². The molecule has 2 N–H and O–H groups in total. The van der Waals surface area contributed by atoms with Crippen LogP contribution in [0, 0.1) is 10.8 Å². The number of aliphatic hydroxyl groups excluding tert-OH is 1. The molecule has 15 heteroatoms. The fourth-order valence-electron chi connectivity index (χ4n) is 9.94. The topological polar surface area (TPSA) is 179 Å². The van der Waals surface area contributed by atoms with Crippen LogP contribution in [-0.2, 0) is 65.5 Å². The summed E-state index contributed by atoms with van der Waals surface area (Å²) in [7, 11) is 1.57. The van der Waals surface area contributed by atoms with E-state index in [4.69, 9.17) is 28.5 Å². The van der Waals surface area contributed by atoms with E-state index in [1.165, 1.54) is 16.0 Å². The number of hydrogen-bond donors (Lipinski definition) is 2. The van der Waals surface area contributed by atoms with Crippen molar-refractivity contribution < 1.29 is 57.6 Å². The second kappa shape index (κ2) is 19.6. The van der Waals surface area contributed by atoms with Crippen molar-refractivity contribution in [3.8, 4) is 0 Å². The SMILES string of the molecule is CCCCCC1(CCCCC)OC2C3CC4(C(=O)N(C)C(Cc5ccccc5)C(=O)NCCO)C(ON(Cc5ccccc5C=CC(=O)OC5C(=O)OCC5(C)C)C4C(=O)O3)C2O1. The number of rotatable bonds is 20. The van der Waals surface area contributed by atoms with Crippen LogP contribution >= 0.6 is 0 Å². The number of cyclic esters (lactones) is 1. The molecule has 2 bridgehead atoms. The molecule has 342 valence electrons. The number of benzene rings is 2. The van der Waals surface area contributed by atoms with E-state index in [2.05, 4.69) is 19.2 Å². The molecular weight excluding hydrogens is 811 g/mol. The number of nitrogens with zero attached hydrogens (tertiary/aromatic N) is 2. The molecule has 2 aromatic rings. The molecular formula is C48H63N3O12. The normalized spacial score (nSPS) is 28.3. The summed E-state index contributed by atoms with van der Waals surface area (Å²) in [5, 5.41) is 13.9. The van der Waals surface area contributed by atoms with Crippen LogP contribution in [0.1, 0.15) is 102 Å². The molecule has 0 aromatic heterocycles. The summed E-state index contributed by atoms with van der Waals surface area (Å²) >= 11 is 0. The molecule has 15 nitrogen and oxygen atoms in total. The number of likely N-dealkylation sites (N-methyl/N-ethyl adjacent to an activating group) is 1. The van der Waals surface area contributed by atoms with E-state index < -0.39 is 88.9 Å². The van der Waals surface area contributed by atoms with Crippen LogP contribution in [0.25, 0.3) is 6.08 Å². The van der Waals surface area contributed by atoms with E-state index in [0.717, 1.165) is 44.1 Å². The molecule has 5 fully saturated rings. The lowest BCUT2D eigenvalue weighted by atomic mass is 9.62. The maximum Gasteiger partial charge on any atom is 0.348 e. The van der Waals surface area contributed by atoms with Crippen molar-refractivity contribution in [3.05, 3.63) is 77.4 Å². The number of aliphatic hydroxyl groups is 1. The van der Waals surface area contributed by atoms with Gasteiger partial charge in [0, 0.05) is 50.8 Å². The maximum absolute atomic E-state index is 15.7. The molecule has 63 heavy (non-hydrogen) atoms. The van der Waals surface area contributed by atoms with Gasteiger partial charge in [0.25, 0.3) is 0 Å². The first kappa shape index (κ1) is 46.3. The summed E-state index contributed by atoms with van der Waals surface area (Å²) in [4.78, 5) is 77.9. The first-order valence-corrected chi connectivity index (χ1v) is 22.6. The summed E-state index contributed by atoms with van der Waals surface area (Å²) in [6, 6.07) is 14.3. The Morgan fingerprint density at radius 1 is 0.952 bits per heavy atom. The average Bonchev–Trinajstić information content (AvgIpc) is 3.91. The molecule has 7 rings (SSSR count). The zero-order valence-corrected chi connectivity index (χ0v) is 37.1. The van der Waals surface area contributed by atoms with Gasteiger partial charge in [-0.3, -0.25) is 19.2 Å². The van der Waals surface area contributed by atoms with Gasteiger partial charge in [0.05, 0.1) is 13.2 Å². The summed E-state index contributed by atoms with van der Waals surface area (Å²) in [6.07, 6.45) is 5.65. The zero-order chi connectivity index (χ0) is 44.9. The summed E-state index contributed by atoms with van der Waals surface area (Å²) in [5.41, 5.74) is -0.161. The summed E-state index contributed by atoms with van der Waals surface area (Å²) in [6.45, 7) is 7.70. The number of ether oxygens (including phenoxy) is 5. The number of hydrogen-bond acceptors (Lipinski definition) is 13. The second-order valence-electron chi connectivity index (χ2n) is 18.3. The second-order valence-corrected chi connectivity index (χ2v) is 18.3. The van der Waals surface area contributed by atoms with Crippen molar-refractivity contribution in [2.75, 3.05) is 26.8 Å². The smallest absolute Gasteiger partial charge is 0.348 e. The molecule has 4 heterocycles. The highest BCUT2D eigenvalue weighted by Gasteiger charge is 2.76. The number of hydroxylamine groups is 2. The molecule has 8 unspecified atom stereocenters. The lowest BCUT2D eigenvalue weighted by molar-refractivity contribution is -0.225. The predicted molar refractivity (Wildman–Crippen MR) is 229 cm³/mol. The van der Waals surface area contributed by atoms with E-state index in [1.54, 1.807) is 39.1 Å². The van der Waals surface area contributed by atoms with Gasteiger partial charge < -0.3 is 39.0 Å². The minimum absolute atomic E-state index is 0.00195. The van der Waals surface area contributed by atoms with E-state index in [-0.39, 0.29) is 39.1 Å². The Bertz CT molecular complexity index is 2000. The average molecular weight is 874 g/mol. The number of carbonyl (C=O) groups is 5. The van der Waals surface area contributed by atoms with Gasteiger partial charge >= 0.3 is 17.9 Å². The lowest BCUT2D eigenvalue weighted by Crippen LogP contribution is -2.70. The quantitative estimate of drug-likeness (QED) is 0.0802. The molecule has 4 saturated heterocycles. The largest absolute Gasteiger partial charge is 0.462 e. The van der Waals surface area contributed by atoms with Crippen molar-refractivity contribution in [1.29, 1.82) is 0 Å². The highest BCUT2D eigenvalue weighted by molar-refractivity contribution is 5.96. The van der Waals surface area contributed by atoms with Gasteiger partial charge in [-0.1, -0.05) is 108 Å². The number of amides is 2. The van der Waals surface area contributed by atoms with Crippen LogP contribution in [0.4, 0.5) is 0 Å². The fourth-order valence-corrected chi connectivity index (χ4v) is 9.94. The van der Waals surface area contributed by atoms with E-state index in [9.17, 15) is 24.3 Å². The molecule has 5 aliphatic rings. The van der Waals surface area contributed by atoms with Gasteiger partial charge in [-0.25, -0.2) is 9.59 Å². The number of nitrogens with one attached hydrogen (secondary N) is 1. The van der Waals surface area contributed by atoms with Crippen molar-refractivity contribution >= 4 is 35.8 Å². The van der Waals surface area contributed by atoms with Crippen LogP contribution in [0.5, 0.6) is 0 Å². The molecule has 4 aliphatic heterocycles. The summed E-state index contributed by atoms with van der Waals surface area (Å²) in [5.74, 6) is -3.86. The van der Waals surface area contributed by atoms with Crippen molar-refractivity contribution in [2.24, 2.45) is 10.8 Å². The van der Waals surface area contributed by atoms with Crippen LogP contribution in [0.3, 0.4) is 0 Å². The third-order valence-electron chi connectivity index (χ3n) is 13.3. The highest BCUT2D eigenvalue weighted by atomic mass is 16.8. The monoisotopic (exact) mass is 873 g/mol. The predicted octanol–water partition coefficient (Wildman–Crippen LogP) is 4.81. The molecule has 2 amide bonds. The van der Waals surface area contributed by atoms with Gasteiger partial charge in [0.15, 0.2) is 11.8 Å². The number of unbranched alkanes of at least 4 members (excludes halogenated alkanes) is 4. The third kappa shape index (κ3) is 9.44. The maximum atomic E-state index is 15.7. The van der Waals surface area contributed by atoms with Crippen molar-refractivity contribution in [2.45, 2.75) is 147 Å². The first-order valence-electron chi connectivity index (χ1n) is 22.6. The molecule has 2 aromatic carbocycles. The molecule has 1 saturated carbocycles. The van der Waals surface area contributed by atoms with Gasteiger partial charge in [0.2, 0.25) is 17.9 Å². The Kier molecular flexibility index (Phi) is 14.4. The van der Waals surface area contributed by atoms with Gasteiger partial charge in [0.1, 0.15) is 42.5 Å². The Labute approximate surface area is 369 Å².